The molecular weight excluding hydrogens is 665 g/mol. The lowest BCUT2D eigenvalue weighted by atomic mass is 10.0. The number of aromatic nitrogens is 1. The smallest absolute Gasteiger partial charge is 0.348 e. The topological polar surface area (TPSA) is 130 Å². The van der Waals surface area contributed by atoms with Crippen molar-refractivity contribution < 1.29 is 39.0 Å². The largest absolute Gasteiger partial charge is 0.870 e. The number of hydrogen-bond donors (Lipinski definition) is 1. The van der Waals surface area contributed by atoms with Crippen molar-refractivity contribution >= 4 is 46.5 Å². The fourth-order valence-electron chi connectivity index (χ4n) is 5.31. The van der Waals surface area contributed by atoms with Crippen LogP contribution < -0.4 is 19.8 Å². The van der Waals surface area contributed by atoms with Crippen molar-refractivity contribution in [2.24, 2.45) is 5.92 Å². The summed E-state index contributed by atoms with van der Waals surface area (Å²) in [5.74, 6) is 0.563. The van der Waals surface area contributed by atoms with Crippen LogP contribution in [0.4, 0.5) is 0 Å². The molecule has 0 bridgehead atoms. The maximum atomic E-state index is 13.5. The van der Waals surface area contributed by atoms with Crippen LogP contribution in [0.3, 0.4) is 0 Å². The normalized spacial score (nSPS) is 14.3. The van der Waals surface area contributed by atoms with Gasteiger partial charge in [0.25, 0.3) is 0 Å². The van der Waals surface area contributed by atoms with E-state index in [0.29, 0.717) is 56.6 Å². The Kier molecular flexibility index (Phi) is 13.0. The number of pyridine rings is 1. The van der Waals surface area contributed by atoms with Crippen molar-refractivity contribution in [2.75, 3.05) is 41.0 Å². The van der Waals surface area contributed by atoms with E-state index in [9.17, 15) is 9.59 Å². The van der Waals surface area contributed by atoms with Gasteiger partial charge in [-0.2, -0.15) is 0 Å². The highest BCUT2D eigenvalue weighted by molar-refractivity contribution is 7.13. The van der Waals surface area contributed by atoms with Gasteiger partial charge >= 0.3 is 11.9 Å². The predicted molar refractivity (Wildman–Crippen MR) is 179 cm³/mol. The Hall–Kier alpha value is -3.71. The SMILES string of the molecule is COc1ccc([C@H](Cc2c(Cl)c[nH+]cc2Cl)OC(=O)c2ccc(CNC(C(=O)OCC3CN(C)C3)c3ccccc3)s2)cc1OC.[OH-]. The van der Waals surface area contributed by atoms with Crippen LogP contribution in [-0.2, 0) is 27.2 Å². The number of nitrogens with one attached hydrogen (secondary N) is 2. The van der Waals surface area contributed by atoms with Gasteiger partial charge in [0.05, 0.1) is 20.8 Å². The van der Waals surface area contributed by atoms with Gasteiger partial charge in [-0.05, 0) is 42.4 Å². The molecule has 3 N–H and O–H groups in total. The monoisotopic (exact) mass is 701 g/mol. The van der Waals surface area contributed by atoms with E-state index in [2.05, 4.69) is 15.2 Å². The summed E-state index contributed by atoms with van der Waals surface area (Å²) in [7, 11) is 5.14. The molecular formula is C34H37Cl2N3O7S. The summed E-state index contributed by atoms with van der Waals surface area (Å²) in [6, 6.07) is 17.7. The summed E-state index contributed by atoms with van der Waals surface area (Å²) in [5, 5.41) is 4.17. The number of likely N-dealkylation sites (tertiary alicyclic amines) is 1. The van der Waals surface area contributed by atoms with E-state index in [-0.39, 0.29) is 17.9 Å². The average molecular weight is 703 g/mol. The quantitative estimate of drug-likeness (QED) is 0.163. The maximum absolute atomic E-state index is 13.5. The minimum atomic E-state index is -0.735. The van der Waals surface area contributed by atoms with E-state index in [1.807, 2.05) is 49.5 Å². The van der Waals surface area contributed by atoms with Gasteiger partial charge in [-0.1, -0.05) is 59.6 Å². The summed E-state index contributed by atoms with van der Waals surface area (Å²) in [5.41, 5.74) is 2.12. The summed E-state index contributed by atoms with van der Waals surface area (Å²) in [6.45, 7) is 2.58. The number of benzene rings is 2. The molecule has 4 aromatic rings. The van der Waals surface area contributed by atoms with Crippen molar-refractivity contribution in [1.82, 2.24) is 10.2 Å². The molecule has 3 heterocycles. The van der Waals surface area contributed by atoms with Crippen molar-refractivity contribution in [2.45, 2.75) is 25.1 Å². The number of carbonyl (C=O) groups excluding carboxylic acids is 2. The van der Waals surface area contributed by atoms with Crippen LogP contribution in [0.5, 0.6) is 11.5 Å². The number of ether oxygens (including phenoxy) is 4. The number of halogens is 2. The standard InChI is InChI=1S/C34H35Cl2N3O6S.H2O/c1-39-18-21(19-39)20-44-34(41)32(22-7-5-4-6-8-22)38-15-24-10-12-31(46-24)33(40)45-29(14-25-26(35)16-37-17-27(25)36)23-9-11-28(42-2)30(13-23)43-3;/h4-13,16-17,21,29,32,38H,14-15,18-20H2,1-3H3;1H2/t29-,32?;/m0./s1. The van der Waals surface area contributed by atoms with Crippen LogP contribution >= 0.6 is 34.5 Å². The number of carbonyl (C=O) groups is 2. The number of aromatic amines is 1. The zero-order valence-corrected chi connectivity index (χ0v) is 28.5. The Morgan fingerprint density at radius 2 is 1.68 bits per heavy atom. The first-order valence-corrected chi connectivity index (χ1v) is 16.3. The fourth-order valence-corrected chi connectivity index (χ4v) is 6.68. The molecule has 1 unspecified atom stereocenters. The van der Waals surface area contributed by atoms with Crippen molar-refractivity contribution in [3.8, 4) is 11.5 Å². The van der Waals surface area contributed by atoms with Crippen LogP contribution in [-0.4, -0.2) is 63.3 Å². The van der Waals surface area contributed by atoms with Gasteiger partial charge in [-0.3, -0.25) is 5.32 Å². The number of hydrogen-bond acceptors (Lipinski definition) is 10. The zero-order chi connectivity index (χ0) is 32.6. The van der Waals surface area contributed by atoms with E-state index in [0.717, 1.165) is 23.5 Å². The molecule has 1 saturated heterocycles. The Morgan fingerprint density at radius 1 is 0.979 bits per heavy atom. The summed E-state index contributed by atoms with van der Waals surface area (Å²) >= 11 is 14.2. The third-order valence-corrected chi connectivity index (χ3v) is 9.47. The van der Waals surface area contributed by atoms with Gasteiger partial charge in [0, 0.05) is 42.4 Å². The number of rotatable bonds is 14. The molecule has 0 spiro atoms. The summed E-state index contributed by atoms with van der Waals surface area (Å²) < 4.78 is 22.6. The number of H-pyrrole nitrogens is 1. The third-order valence-electron chi connectivity index (χ3n) is 7.73. The molecule has 1 aliphatic heterocycles. The molecule has 13 heteroatoms. The Labute approximate surface area is 287 Å². The minimum Gasteiger partial charge on any atom is -0.870 e. The minimum absolute atomic E-state index is 0. The molecule has 47 heavy (non-hydrogen) atoms. The molecule has 2 atom stereocenters. The van der Waals surface area contributed by atoms with E-state index in [1.165, 1.54) is 11.3 Å². The van der Waals surface area contributed by atoms with E-state index in [1.54, 1.807) is 44.8 Å². The van der Waals surface area contributed by atoms with Crippen LogP contribution in [0, 0.1) is 5.92 Å². The molecule has 1 aliphatic rings. The average Bonchev–Trinajstić information content (AvgIpc) is 3.53. The fraction of sp³-hybridized carbons (Fsp3) is 0.324. The van der Waals surface area contributed by atoms with Gasteiger partial charge in [0.2, 0.25) is 0 Å². The highest BCUT2D eigenvalue weighted by Gasteiger charge is 2.28. The number of esters is 2. The molecule has 0 aliphatic carbocycles. The van der Waals surface area contributed by atoms with Crippen LogP contribution in [0.15, 0.2) is 73.1 Å². The second kappa shape index (κ2) is 16.9. The highest BCUT2D eigenvalue weighted by atomic mass is 35.5. The first kappa shape index (κ1) is 36.1. The Balaban J connectivity index is 0.00000500. The van der Waals surface area contributed by atoms with Crippen molar-refractivity contribution in [1.29, 1.82) is 0 Å². The summed E-state index contributed by atoms with van der Waals surface area (Å²) in [6.07, 6.45) is 2.74. The Bertz CT molecular complexity index is 1630. The van der Waals surface area contributed by atoms with Gasteiger partial charge in [0.1, 0.15) is 27.1 Å². The number of nitrogens with zero attached hydrogens (tertiary/aromatic N) is 1. The van der Waals surface area contributed by atoms with E-state index in [4.69, 9.17) is 42.1 Å². The lowest BCUT2D eigenvalue weighted by Crippen LogP contribution is -2.46. The lowest BCUT2D eigenvalue weighted by molar-refractivity contribution is -0.377. The molecule has 2 aromatic heterocycles. The first-order valence-electron chi connectivity index (χ1n) is 14.7. The van der Waals surface area contributed by atoms with Gasteiger partial charge in [-0.25, -0.2) is 14.6 Å². The summed E-state index contributed by atoms with van der Waals surface area (Å²) in [4.78, 5) is 33.0. The maximum Gasteiger partial charge on any atom is 0.348 e. The molecule has 10 nitrogen and oxygen atoms in total. The molecule has 2 aromatic carbocycles. The van der Waals surface area contributed by atoms with Gasteiger partial charge in [-0.15, -0.1) is 11.3 Å². The molecule has 250 valence electrons. The van der Waals surface area contributed by atoms with Crippen LogP contribution in [0.2, 0.25) is 10.0 Å². The molecule has 0 amide bonds. The van der Waals surface area contributed by atoms with Crippen molar-refractivity contribution in [3.63, 3.8) is 0 Å². The van der Waals surface area contributed by atoms with Crippen molar-refractivity contribution in [3.05, 3.63) is 110 Å². The van der Waals surface area contributed by atoms with Crippen LogP contribution in [0.25, 0.3) is 0 Å². The first-order chi connectivity index (χ1) is 22.2. The zero-order valence-electron chi connectivity index (χ0n) is 26.2. The van der Waals surface area contributed by atoms with E-state index < -0.39 is 18.1 Å². The number of methoxy groups -OCH3 is 2. The van der Waals surface area contributed by atoms with E-state index >= 15 is 0 Å². The molecule has 0 saturated carbocycles. The molecule has 5 rings (SSSR count). The van der Waals surface area contributed by atoms with Crippen LogP contribution in [0.1, 0.15) is 43.4 Å². The molecule has 1 fully saturated rings. The van der Waals surface area contributed by atoms with Gasteiger partial charge in [0.15, 0.2) is 23.9 Å². The second-order valence-electron chi connectivity index (χ2n) is 11.1. The molecule has 0 radical (unpaired) electrons. The lowest BCUT2D eigenvalue weighted by Gasteiger charge is -2.35. The van der Waals surface area contributed by atoms with Gasteiger partial charge < -0.3 is 29.3 Å². The predicted octanol–water partition coefficient (Wildman–Crippen LogP) is 5.79. The number of thiophene rings is 1. The highest BCUT2D eigenvalue weighted by Crippen LogP contribution is 2.35. The third kappa shape index (κ3) is 9.22. The second-order valence-corrected chi connectivity index (χ2v) is 13.0. The Morgan fingerprint density at radius 3 is 2.34 bits per heavy atom.